The number of hydrogen-bond donors (Lipinski definition) is 1. The Bertz CT molecular complexity index is 334. The van der Waals surface area contributed by atoms with Crippen molar-refractivity contribution >= 4 is 0 Å². The van der Waals surface area contributed by atoms with Gasteiger partial charge in [-0.2, -0.15) is 5.10 Å². The van der Waals surface area contributed by atoms with E-state index < -0.39 is 12.5 Å². The first-order chi connectivity index (χ1) is 6.93. The van der Waals surface area contributed by atoms with Crippen LogP contribution in [0.5, 0.6) is 0 Å². The zero-order valence-electron chi connectivity index (χ0n) is 9.51. The van der Waals surface area contributed by atoms with E-state index in [0.717, 1.165) is 17.0 Å². The number of aryl methyl sites for hydroxylation is 2. The zero-order valence-corrected chi connectivity index (χ0v) is 9.51. The fraction of sp³-hybridized carbons (Fsp3) is 0.700. The summed E-state index contributed by atoms with van der Waals surface area (Å²) in [6, 6.07) is -0.788. The normalized spacial score (nSPS) is 13.5. The minimum Gasteiger partial charge on any atom is -0.305 e. The standard InChI is InChI=1S/C10H17F2N3/c1-6-9(8(3)15(4)14-6)5-13-7(2)10(11)12/h7,10,13H,5H2,1-4H3. The average molecular weight is 217 g/mol. The molecule has 3 nitrogen and oxygen atoms in total. The number of rotatable bonds is 4. The van der Waals surface area contributed by atoms with E-state index in [-0.39, 0.29) is 0 Å². The van der Waals surface area contributed by atoms with Crippen molar-refractivity contribution in [2.75, 3.05) is 0 Å². The molecule has 0 aromatic carbocycles. The SMILES string of the molecule is Cc1nn(C)c(C)c1CNC(C)C(F)F. The van der Waals surface area contributed by atoms with Gasteiger partial charge < -0.3 is 5.32 Å². The van der Waals surface area contributed by atoms with Gasteiger partial charge in [-0.3, -0.25) is 4.68 Å². The van der Waals surface area contributed by atoms with Crippen molar-refractivity contribution < 1.29 is 8.78 Å². The number of halogens is 2. The van der Waals surface area contributed by atoms with Crippen molar-refractivity contribution in [2.24, 2.45) is 7.05 Å². The van der Waals surface area contributed by atoms with Gasteiger partial charge in [0.25, 0.3) is 6.43 Å². The van der Waals surface area contributed by atoms with Gasteiger partial charge in [0.2, 0.25) is 0 Å². The summed E-state index contributed by atoms with van der Waals surface area (Å²) >= 11 is 0. The first-order valence-electron chi connectivity index (χ1n) is 4.94. The van der Waals surface area contributed by atoms with Crippen LogP contribution in [-0.4, -0.2) is 22.2 Å². The molecule has 0 aliphatic heterocycles. The molecular formula is C10H17F2N3. The number of hydrogen-bond acceptors (Lipinski definition) is 2. The summed E-state index contributed by atoms with van der Waals surface area (Å²) in [7, 11) is 1.85. The summed E-state index contributed by atoms with van der Waals surface area (Å²) in [5.74, 6) is 0. The van der Waals surface area contributed by atoms with Crippen LogP contribution in [0, 0.1) is 13.8 Å². The molecule has 0 saturated carbocycles. The topological polar surface area (TPSA) is 29.9 Å². The van der Waals surface area contributed by atoms with Crippen LogP contribution in [0.3, 0.4) is 0 Å². The van der Waals surface area contributed by atoms with Crippen LogP contribution in [0.4, 0.5) is 8.78 Å². The van der Waals surface area contributed by atoms with Gasteiger partial charge in [0.1, 0.15) is 0 Å². The van der Waals surface area contributed by atoms with Gasteiger partial charge in [0.05, 0.1) is 11.7 Å². The second-order valence-electron chi connectivity index (χ2n) is 3.78. The van der Waals surface area contributed by atoms with Gasteiger partial charge in [0, 0.05) is 24.8 Å². The smallest absolute Gasteiger partial charge is 0.253 e. The number of nitrogens with zero attached hydrogens (tertiary/aromatic N) is 2. The third-order valence-electron chi connectivity index (χ3n) is 2.64. The van der Waals surface area contributed by atoms with Crippen LogP contribution < -0.4 is 5.32 Å². The molecule has 0 aliphatic rings. The van der Waals surface area contributed by atoms with Crippen LogP contribution in [0.1, 0.15) is 23.9 Å². The Labute approximate surface area is 88.5 Å². The van der Waals surface area contributed by atoms with E-state index in [1.807, 2.05) is 20.9 Å². The van der Waals surface area contributed by atoms with E-state index >= 15 is 0 Å². The van der Waals surface area contributed by atoms with Gasteiger partial charge in [-0.05, 0) is 20.8 Å². The van der Waals surface area contributed by atoms with Crippen LogP contribution in [-0.2, 0) is 13.6 Å². The van der Waals surface area contributed by atoms with E-state index in [4.69, 9.17) is 0 Å². The molecule has 0 amide bonds. The Morgan fingerprint density at radius 2 is 2.00 bits per heavy atom. The molecule has 1 atom stereocenters. The Morgan fingerprint density at radius 1 is 1.40 bits per heavy atom. The lowest BCUT2D eigenvalue weighted by Crippen LogP contribution is -2.32. The van der Waals surface area contributed by atoms with E-state index in [1.54, 1.807) is 4.68 Å². The molecule has 15 heavy (non-hydrogen) atoms. The third kappa shape index (κ3) is 2.75. The first-order valence-corrected chi connectivity index (χ1v) is 4.94. The molecule has 1 N–H and O–H groups in total. The van der Waals surface area contributed by atoms with Crippen LogP contribution in [0.2, 0.25) is 0 Å². The Morgan fingerprint density at radius 3 is 2.40 bits per heavy atom. The van der Waals surface area contributed by atoms with Gasteiger partial charge in [-0.15, -0.1) is 0 Å². The molecule has 0 aliphatic carbocycles. The minimum absolute atomic E-state index is 0.441. The maximum absolute atomic E-state index is 12.3. The Hall–Kier alpha value is -0.970. The molecule has 0 fully saturated rings. The van der Waals surface area contributed by atoms with Crippen LogP contribution in [0.15, 0.2) is 0 Å². The molecule has 0 radical (unpaired) electrons. The molecule has 1 aromatic heterocycles. The number of nitrogens with one attached hydrogen (secondary N) is 1. The summed E-state index contributed by atoms with van der Waals surface area (Å²) in [5, 5.41) is 7.01. The maximum Gasteiger partial charge on any atom is 0.253 e. The van der Waals surface area contributed by atoms with Crippen molar-refractivity contribution in [3.63, 3.8) is 0 Å². The fourth-order valence-electron chi connectivity index (χ4n) is 1.43. The zero-order chi connectivity index (χ0) is 11.6. The molecular weight excluding hydrogens is 200 g/mol. The van der Waals surface area contributed by atoms with Crippen LogP contribution in [0.25, 0.3) is 0 Å². The van der Waals surface area contributed by atoms with Crippen molar-refractivity contribution in [1.29, 1.82) is 0 Å². The molecule has 1 unspecified atom stereocenters. The number of aromatic nitrogens is 2. The van der Waals surface area contributed by atoms with Gasteiger partial charge in [0.15, 0.2) is 0 Å². The third-order valence-corrected chi connectivity index (χ3v) is 2.64. The second kappa shape index (κ2) is 4.70. The quantitative estimate of drug-likeness (QED) is 0.833. The lowest BCUT2D eigenvalue weighted by Gasteiger charge is -2.12. The number of alkyl halides is 2. The molecule has 5 heteroatoms. The highest BCUT2D eigenvalue weighted by molar-refractivity contribution is 5.24. The van der Waals surface area contributed by atoms with E-state index in [9.17, 15) is 8.78 Å². The molecule has 0 bridgehead atoms. The first kappa shape index (κ1) is 12.1. The predicted molar refractivity (Wildman–Crippen MR) is 55.0 cm³/mol. The van der Waals surface area contributed by atoms with Gasteiger partial charge in [-0.25, -0.2) is 8.78 Å². The Balaban J connectivity index is 2.65. The van der Waals surface area contributed by atoms with Crippen LogP contribution >= 0.6 is 0 Å². The van der Waals surface area contributed by atoms with E-state index in [0.29, 0.717) is 6.54 Å². The predicted octanol–water partition coefficient (Wildman–Crippen LogP) is 1.78. The lowest BCUT2D eigenvalue weighted by molar-refractivity contribution is 0.105. The lowest BCUT2D eigenvalue weighted by atomic mass is 10.2. The van der Waals surface area contributed by atoms with Crippen molar-refractivity contribution in [3.05, 3.63) is 17.0 Å². The van der Waals surface area contributed by atoms with Gasteiger partial charge >= 0.3 is 0 Å². The highest BCUT2D eigenvalue weighted by Gasteiger charge is 2.15. The molecule has 1 rings (SSSR count). The van der Waals surface area contributed by atoms with Gasteiger partial charge in [-0.1, -0.05) is 0 Å². The largest absolute Gasteiger partial charge is 0.305 e. The second-order valence-corrected chi connectivity index (χ2v) is 3.78. The maximum atomic E-state index is 12.3. The molecule has 1 heterocycles. The molecule has 86 valence electrons. The molecule has 1 aromatic rings. The monoisotopic (exact) mass is 217 g/mol. The van der Waals surface area contributed by atoms with Crippen molar-refractivity contribution in [2.45, 2.75) is 39.8 Å². The summed E-state index contributed by atoms with van der Waals surface area (Å²) < 4.78 is 26.3. The van der Waals surface area contributed by atoms with Crippen molar-refractivity contribution in [1.82, 2.24) is 15.1 Å². The summed E-state index contributed by atoms with van der Waals surface area (Å²) in [6.07, 6.45) is -2.33. The fourth-order valence-corrected chi connectivity index (χ4v) is 1.43. The Kier molecular flexibility index (Phi) is 3.79. The van der Waals surface area contributed by atoms with Crippen molar-refractivity contribution in [3.8, 4) is 0 Å². The molecule has 0 spiro atoms. The summed E-state index contributed by atoms with van der Waals surface area (Å²) in [6.45, 7) is 5.74. The average Bonchev–Trinajstić information content (AvgIpc) is 2.38. The molecule has 0 saturated heterocycles. The van der Waals surface area contributed by atoms with E-state index in [2.05, 4.69) is 10.4 Å². The highest BCUT2D eigenvalue weighted by atomic mass is 19.3. The van der Waals surface area contributed by atoms with E-state index in [1.165, 1.54) is 6.92 Å². The summed E-state index contributed by atoms with van der Waals surface area (Å²) in [5.41, 5.74) is 2.91. The minimum atomic E-state index is -2.33. The summed E-state index contributed by atoms with van der Waals surface area (Å²) in [4.78, 5) is 0. The highest BCUT2D eigenvalue weighted by Crippen LogP contribution is 2.12.